The van der Waals surface area contributed by atoms with Crippen molar-refractivity contribution >= 4 is 0 Å². The molecule has 0 spiro atoms. The molecule has 112 valence electrons. The SMILES string of the molecule is CCCC1(CN2CCCN(C)CC2C)CCCNC1. The third-order valence-electron chi connectivity index (χ3n) is 5.06. The second-order valence-electron chi connectivity index (χ2n) is 6.97. The van der Waals surface area contributed by atoms with E-state index in [2.05, 4.69) is 36.0 Å². The Balaban J connectivity index is 1.98. The van der Waals surface area contributed by atoms with Crippen LogP contribution in [0, 0.1) is 5.41 Å². The molecule has 0 aliphatic carbocycles. The summed E-state index contributed by atoms with van der Waals surface area (Å²) in [4.78, 5) is 5.27. The van der Waals surface area contributed by atoms with E-state index in [0.717, 1.165) is 0 Å². The molecule has 2 aliphatic heterocycles. The topological polar surface area (TPSA) is 18.5 Å². The van der Waals surface area contributed by atoms with Crippen molar-refractivity contribution in [2.45, 2.75) is 52.0 Å². The molecule has 2 atom stereocenters. The first-order valence-electron chi connectivity index (χ1n) is 8.28. The van der Waals surface area contributed by atoms with Gasteiger partial charge in [-0.2, -0.15) is 0 Å². The second-order valence-corrected chi connectivity index (χ2v) is 6.97. The van der Waals surface area contributed by atoms with Crippen molar-refractivity contribution in [2.75, 3.05) is 46.3 Å². The quantitative estimate of drug-likeness (QED) is 0.842. The first kappa shape index (κ1) is 15.3. The van der Waals surface area contributed by atoms with Crippen molar-refractivity contribution in [1.29, 1.82) is 0 Å². The molecule has 2 rings (SSSR count). The number of nitrogens with zero attached hydrogens (tertiary/aromatic N) is 2. The lowest BCUT2D eigenvalue weighted by Gasteiger charge is -2.43. The van der Waals surface area contributed by atoms with E-state index in [1.54, 1.807) is 0 Å². The lowest BCUT2D eigenvalue weighted by atomic mass is 9.76. The first-order valence-corrected chi connectivity index (χ1v) is 8.28. The minimum Gasteiger partial charge on any atom is -0.316 e. The Kier molecular flexibility index (Phi) is 5.67. The summed E-state index contributed by atoms with van der Waals surface area (Å²) in [5, 5.41) is 3.65. The van der Waals surface area contributed by atoms with Crippen LogP contribution in [-0.4, -0.2) is 62.2 Å². The fourth-order valence-electron chi connectivity index (χ4n) is 4.08. The third-order valence-corrected chi connectivity index (χ3v) is 5.06. The highest BCUT2D eigenvalue weighted by Crippen LogP contribution is 2.33. The van der Waals surface area contributed by atoms with Gasteiger partial charge in [0, 0.05) is 25.7 Å². The van der Waals surface area contributed by atoms with E-state index in [9.17, 15) is 0 Å². The minimum atomic E-state index is 0.546. The van der Waals surface area contributed by atoms with E-state index in [-0.39, 0.29) is 0 Å². The van der Waals surface area contributed by atoms with Crippen LogP contribution >= 0.6 is 0 Å². The fourth-order valence-corrected chi connectivity index (χ4v) is 4.08. The van der Waals surface area contributed by atoms with Gasteiger partial charge in [-0.05, 0) is 64.7 Å². The second kappa shape index (κ2) is 7.05. The van der Waals surface area contributed by atoms with Crippen LogP contribution in [-0.2, 0) is 0 Å². The van der Waals surface area contributed by atoms with Gasteiger partial charge in [-0.3, -0.25) is 4.90 Å². The maximum atomic E-state index is 3.65. The molecule has 0 aromatic carbocycles. The predicted octanol–water partition coefficient (Wildman–Crippen LogP) is 2.18. The number of nitrogens with one attached hydrogen (secondary N) is 1. The molecular formula is C16H33N3. The zero-order valence-electron chi connectivity index (χ0n) is 13.2. The normalized spacial score (nSPS) is 35.2. The van der Waals surface area contributed by atoms with E-state index in [1.807, 2.05) is 0 Å². The summed E-state index contributed by atoms with van der Waals surface area (Å²) in [7, 11) is 2.27. The van der Waals surface area contributed by atoms with Crippen molar-refractivity contribution in [3.63, 3.8) is 0 Å². The molecule has 0 bridgehead atoms. The first-order chi connectivity index (χ1) is 9.15. The molecule has 2 saturated heterocycles. The van der Waals surface area contributed by atoms with Crippen LogP contribution in [0.15, 0.2) is 0 Å². The van der Waals surface area contributed by atoms with Crippen molar-refractivity contribution in [1.82, 2.24) is 15.1 Å². The predicted molar refractivity (Wildman–Crippen MR) is 82.6 cm³/mol. The minimum absolute atomic E-state index is 0.546. The van der Waals surface area contributed by atoms with E-state index < -0.39 is 0 Å². The number of likely N-dealkylation sites (N-methyl/N-ethyl adjacent to an activating group) is 1. The summed E-state index contributed by atoms with van der Waals surface area (Å²) < 4.78 is 0. The van der Waals surface area contributed by atoms with Crippen molar-refractivity contribution in [3.05, 3.63) is 0 Å². The Morgan fingerprint density at radius 3 is 2.79 bits per heavy atom. The fraction of sp³-hybridized carbons (Fsp3) is 1.00. The molecule has 0 amide bonds. The Labute approximate surface area is 119 Å². The smallest absolute Gasteiger partial charge is 0.0195 e. The van der Waals surface area contributed by atoms with Crippen molar-refractivity contribution in [2.24, 2.45) is 5.41 Å². The van der Waals surface area contributed by atoms with Gasteiger partial charge in [0.15, 0.2) is 0 Å². The molecule has 2 unspecified atom stereocenters. The van der Waals surface area contributed by atoms with Crippen LogP contribution in [0.3, 0.4) is 0 Å². The Hall–Kier alpha value is -0.120. The van der Waals surface area contributed by atoms with Crippen LogP contribution < -0.4 is 5.32 Å². The molecule has 3 nitrogen and oxygen atoms in total. The van der Waals surface area contributed by atoms with E-state index in [0.29, 0.717) is 11.5 Å². The van der Waals surface area contributed by atoms with Gasteiger partial charge in [-0.25, -0.2) is 0 Å². The molecule has 2 heterocycles. The molecule has 2 fully saturated rings. The average Bonchev–Trinajstić information content (AvgIpc) is 2.53. The number of piperidine rings is 1. The summed E-state index contributed by atoms with van der Waals surface area (Å²) in [6, 6.07) is 0.711. The molecule has 2 aliphatic rings. The summed E-state index contributed by atoms with van der Waals surface area (Å²) in [5.41, 5.74) is 0.546. The van der Waals surface area contributed by atoms with Gasteiger partial charge in [0.05, 0.1) is 0 Å². The largest absolute Gasteiger partial charge is 0.316 e. The Morgan fingerprint density at radius 2 is 2.11 bits per heavy atom. The molecule has 19 heavy (non-hydrogen) atoms. The van der Waals surface area contributed by atoms with Crippen molar-refractivity contribution in [3.8, 4) is 0 Å². The summed E-state index contributed by atoms with van der Waals surface area (Å²) in [5.74, 6) is 0. The molecular weight excluding hydrogens is 234 g/mol. The van der Waals surface area contributed by atoms with E-state index >= 15 is 0 Å². The number of rotatable bonds is 4. The molecule has 0 aromatic heterocycles. The lowest BCUT2D eigenvalue weighted by Crippen LogP contribution is -2.50. The molecule has 0 radical (unpaired) electrons. The number of hydrogen-bond acceptors (Lipinski definition) is 3. The Morgan fingerprint density at radius 1 is 1.26 bits per heavy atom. The third kappa shape index (κ3) is 4.17. The summed E-state index contributed by atoms with van der Waals surface area (Å²) in [6.45, 7) is 12.3. The molecule has 0 saturated carbocycles. The standard InChI is InChI=1S/C16H33N3/c1-4-7-16(8-5-9-17-13-16)14-19-11-6-10-18(3)12-15(19)2/h15,17H,4-14H2,1-3H3. The summed E-state index contributed by atoms with van der Waals surface area (Å²) in [6.07, 6.45) is 6.83. The van der Waals surface area contributed by atoms with Gasteiger partial charge in [0.2, 0.25) is 0 Å². The van der Waals surface area contributed by atoms with Gasteiger partial charge in [-0.15, -0.1) is 0 Å². The van der Waals surface area contributed by atoms with Gasteiger partial charge in [-0.1, -0.05) is 13.3 Å². The zero-order chi connectivity index (χ0) is 13.7. The highest BCUT2D eigenvalue weighted by atomic mass is 15.2. The lowest BCUT2D eigenvalue weighted by molar-refractivity contribution is 0.0830. The monoisotopic (exact) mass is 267 g/mol. The Bertz CT molecular complexity index is 255. The molecule has 0 aromatic rings. The molecule has 1 N–H and O–H groups in total. The van der Waals surface area contributed by atoms with Gasteiger partial charge in [0.25, 0.3) is 0 Å². The van der Waals surface area contributed by atoms with E-state index in [1.165, 1.54) is 71.4 Å². The highest BCUT2D eigenvalue weighted by Gasteiger charge is 2.34. The van der Waals surface area contributed by atoms with Gasteiger partial charge < -0.3 is 10.2 Å². The van der Waals surface area contributed by atoms with Crippen LogP contribution in [0.5, 0.6) is 0 Å². The van der Waals surface area contributed by atoms with Gasteiger partial charge >= 0.3 is 0 Å². The van der Waals surface area contributed by atoms with Crippen LogP contribution in [0.25, 0.3) is 0 Å². The average molecular weight is 267 g/mol. The maximum absolute atomic E-state index is 3.65. The number of hydrogen-bond donors (Lipinski definition) is 1. The zero-order valence-corrected chi connectivity index (χ0v) is 13.2. The van der Waals surface area contributed by atoms with Crippen molar-refractivity contribution < 1.29 is 0 Å². The van der Waals surface area contributed by atoms with Crippen LogP contribution in [0.2, 0.25) is 0 Å². The van der Waals surface area contributed by atoms with Crippen LogP contribution in [0.1, 0.15) is 46.0 Å². The van der Waals surface area contributed by atoms with Gasteiger partial charge in [0.1, 0.15) is 0 Å². The maximum Gasteiger partial charge on any atom is 0.0195 e. The summed E-state index contributed by atoms with van der Waals surface area (Å²) >= 11 is 0. The molecule has 3 heteroatoms. The highest BCUT2D eigenvalue weighted by molar-refractivity contribution is 4.90. The van der Waals surface area contributed by atoms with Crippen LogP contribution in [0.4, 0.5) is 0 Å². The van der Waals surface area contributed by atoms with E-state index in [4.69, 9.17) is 0 Å².